The van der Waals surface area contributed by atoms with Crippen LogP contribution in [0.5, 0.6) is 5.75 Å². The van der Waals surface area contributed by atoms with Gasteiger partial charge in [-0.15, -0.1) is 0 Å². The number of hydrogen-bond donors (Lipinski definition) is 2. The van der Waals surface area contributed by atoms with Gasteiger partial charge in [0.1, 0.15) is 11.8 Å². The first-order chi connectivity index (χ1) is 10.9. The number of aromatic hydroxyl groups is 1. The van der Waals surface area contributed by atoms with Gasteiger partial charge >= 0.3 is 5.97 Å². The van der Waals surface area contributed by atoms with Crippen LogP contribution in [-0.2, 0) is 14.3 Å². The molecule has 1 aliphatic heterocycles. The zero-order chi connectivity index (χ0) is 17.0. The maximum Gasteiger partial charge on any atom is 0.322 e. The van der Waals surface area contributed by atoms with Crippen LogP contribution in [0, 0.1) is 5.92 Å². The van der Waals surface area contributed by atoms with Crippen molar-refractivity contribution in [2.75, 3.05) is 25.5 Å². The van der Waals surface area contributed by atoms with E-state index in [1.54, 1.807) is 13.0 Å². The number of carbonyl (C=O) groups excluding carboxylic acids is 2. The molecular weight excluding hydrogens is 320 g/mol. The van der Waals surface area contributed by atoms with Crippen molar-refractivity contribution in [1.29, 1.82) is 0 Å². The number of rotatable bonds is 4. The summed E-state index contributed by atoms with van der Waals surface area (Å²) < 4.78 is 4.74. The lowest BCUT2D eigenvalue weighted by atomic mass is 9.95. The van der Waals surface area contributed by atoms with Crippen molar-refractivity contribution in [2.45, 2.75) is 25.8 Å². The molecule has 1 fully saturated rings. The highest BCUT2D eigenvalue weighted by Crippen LogP contribution is 2.28. The highest BCUT2D eigenvalue weighted by molar-refractivity contribution is 6.31. The molecule has 7 heteroatoms. The summed E-state index contributed by atoms with van der Waals surface area (Å²) in [6.45, 7) is 3.10. The number of carbonyl (C=O) groups is 2. The second-order valence-corrected chi connectivity index (χ2v) is 6.10. The molecule has 0 spiro atoms. The van der Waals surface area contributed by atoms with Gasteiger partial charge in [-0.3, -0.25) is 14.5 Å². The van der Waals surface area contributed by atoms with Gasteiger partial charge in [-0.2, -0.15) is 0 Å². The predicted octanol–water partition coefficient (Wildman–Crippen LogP) is 2.26. The Labute approximate surface area is 140 Å². The average Bonchev–Trinajstić information content (AvgIpc) is 2.56. The lowest BCUT2D eigenvalue weighted by Crippen LogP contribution is -2.46. The van der Waals surface area contributed by atoms with Crippen LogP contribution >= 0.6 is 11.6 Å². The number of methoxy groups -OCH3 is 1. The first-order valence-electron chi connectivity index (χ1n) is 7.53. The SMILES string of the molecule is COC(=O)[C@H](C)N1CCC(C(=O)Nc2cc(Cl)ccc2O)CC1. The molecule has 1 aromatic carbocycles. The number of nitrogens with one attached hydrogen (secondary N) is 1. The zero-order valence-electron chi connectivity index (χ0n) is 13.2. The largest absolute Gasteiger partial charge is 0.506 e. The summed E-state index contributed by atoms with van der Waals surface area (Å²) in [5, 5.41) is 12.9. The van der Waals surface area contributed by atoms with E-state index >= 15 is 0 Å². The van der Waals surface area contributed by atoms with Gasteiger partial charge in [0.25, 0.3) is 0 Å². The number of ether oxygens (including phenoxy) is 1. The van der Waals surface area contributed by atoms with Crippen LogP contribution in [0.3, 0.4) is 0 Å². The van der Waals surface area contributed by atoms with Crippen LogP contribution in [0.4, 0.5) is 5.69 Å². The topological polar surface area (TPSA) is 78.9 Å². The molecule has 1 aromatic rings. The predicted molar refractivity (Wildman–Crippen MR) is 87.5 cm³/mol. The molecule has 0 bridgehead atoms. The van der Waals surface area contributed by atoms with E-state index in [2.05, 4.69) is 5.32 Å². The summed E-state index contributed by atoms with van der Waals surface area (Å²) in [6.07, 6.45) is 1.29. The third-order valence-corrected chi connectivity index (χ3v) is 4.44. The molecular formula is C16H21ClN2O4. The Bertz CT molecular complexity index is 585. The van der Waals surface area contributed by atoms with Crippen LogP contribution in [-0.4, -0.2) is 48.1 Å². The molecule has 1 amide bonds. The molecule has 2 rings (SSSR count). The van der Waals surface area contributed by atoms with Crippen molar-refractivity contribution in [3.63, 3.8) is 0 Å². The van der Waals surface area contributed by atoms with E-state index in [1.807, 2.05) is 4.90 Å². The Kier molecular flexibility index (Phi) is 5.85. The normalized spacial score (nSPS) is 17.5. The van der Waals surface area contributed by atoms with E-state index in [-0.39, 0.29) is 29.6 Å². The van der Waals surface area contributed by atoms with Gasteiger partial charge in [0.05, 0.1) is 12.8 Å². The summed E-state index contributed by atoms with van der Waals surface area (Å²) in [6, 6.07) is 4.21. The van der Waals surface area contributed by atoms with Crippen LogP contribution < -0.4 is 5.32 Å². The fraction of sp³-hybridized carbons (Fsp3) is 0.500. The second kappa shape index (κ2) is 7.66. The third-order valence-electron chi connectivity index (χ3n) is 4.21. The number of piperidine rings is 1. The Hall–Kier alpha value is -1.79. The molecule has 0 radical (unpaired) electrons. The monoisotopic (exact) mass is 340 g/mol. The highest BCUT2D eigenvalue weighted by atomic mass is 35.5. The third kappa shape index (κ3) is 4.36. The molecule has 6 nitrogen and oxygen atoms in total. The maximum absolute atomic E-state index is 12.3. The molecule has 1 atom stereocenters. The number of amides is 1. The van der Waals surface area contributed by atoms with Gasteiger partial charge < -0.3 is 15.2 Å². The van der Waals surface area contributed by atoms with Crippen molar-refractivity contribution in [1.82, 2.24) is 4.90 Å². The van der Waals surface area contributed by atoms with Gasteiger partial charge in [0.15, 0.2) is 0 Å². The van der Waals surface area contributed by atoms with Gasteiger partial charge in [-0.25, -0.2) is 0 Å². The number of hydrogen-bond acceptors (Lipinski definition) is 5. The van der Waals surface area contributed by atoms with Gasteiger partial charge in [-0.05, 0) is 51.1 Å². The van der Waals surface area contributed by atoms with Crippen molar-refractivity contribution < 1.29 is 19.4 Å². The summed E-state index contributed by atoms with van der Waals surface area (Å²) >= 11 is 5.87. The second-order valence-electron chi connectivity index (χ2n) is 5.66. The molecule has 1 heterocycles. The lowest BCUT2D eigenvalue weighted by molar-refractivity contribution is -0.146. The van der Waals surface area contributed by atoms with E-state index < -0.39 is 0 Å². The molecule has 1 saturated heterocycles. The number of phenols is 1. The first-order valence-corrected chi connectivity index (χ1v) is 7.91. The minimum atomic E-state index is -0.305. The fourth-order valence-electron chi connectivity index (χ4n) is 2.71. The van der Waals surface area contributed by atoms with Gasteiger partial charge in [0, 0.05) is 10.9 Å². The number of benzene rings is 1. The fourth-order valence-corrected chi connectivity index (χ4v) is 2.88. The summed E-state index contributed by atoms with van der Waals surface area (Å²) in [7, 11) is 1.37. The molecule has 23 heavy (non-hydrogen) atoms. The highest BCUT2D eigenvalue weighted by Gasteiger charge is 2.30. The van der Waals surface area contributed by atoms with Crippen LogP contribution in [0.2, 0.25) is 5.02 Å². The molecule has 0 unspecified atom stereocenters. The summed E-state index contributed by atoms with van der Waals surface area (Å²) in [5.41, 5.74) is 0.313. The van der Waals surface area contributed by atoms with Crippen molar-refractivity contribution in [2.24, 2.45) is 5.92 Å². The van der Waals surface area contributed by atoms with E-state index in [0.717, 1.165) is 0 Å². The summed E-state index contributed by atoms with van der Waals surface area (Å²) in [5.74, 6) is -0.585. The first kappa shape index (κ1) is 17.6. The number of phenolic OH excluding ortho intramolecular Hbond substituents is 1. The standard InChI is InChI=1S/C16H21ClN2O4/c1-10(16(22)23-2)19-7-5-11(6-8-19)15(21)18-13-9-12(17)3-4-14(13)20/h3-4,9-11,20H,5-8H2,1-2H3,(H,18,21)/t10-/m0/s1. The number of likely N-dealkylation sites (tertiary alicyclic amines) is 1. The van der Waals surface area contributed by atoms with Crippen molar-refractivity contribution in [3.05, 3.63) is 23.2 Å². The molecule has 0 aliphatic carbocycles. The molecule has 126 valence electrons. The van der Waals surface area contributed by atoms with E-state index in [1.165, 1.54) is 19.2 Å². The van der Waals surface area contributed by atoms with Crippen molar-refractivity contribution >= 4 is 29.2 Å². The Morgan fingerprint density at radius 1 is 1.39 bits per heavy atom. The van der Waals surface area contributed by atoms with E-state index in [9.17, 15) is 14.7 Å². The summed E-state index contributed by atoms with van der Waals surface area (Å²) in [4.78, 5) is 25.9. The average molecular weight is 341 g/mol. The number of anilines is 1. The molecule has 0 saturated carbocycles. The number of halogens is 1. The zero-order valence-corrected chi connectivity index (χ0v) is 14.0. The number of nitrogens with zero attached hydrogens (tertiary/aromatic N) is 1. The quantitative estimate of drug-likeness (QED) is 0.649. The Morgan fingerprint density at radius 2 is 2.04 bits per heavy atom. The van der Waals surface area contributed by atoms with Gasteiger partial charge in [0.2, 0.25) is 5.91 Å². The minimum absolute atomic E-state index is 0.0144. The van der Waals surface area contributed by atoms with Gasteiger partial charge in [-0.1, -0.05) is 11.6 Å². The molecule has 0 aromatic heterocycles. The molecule has 1 aliphatic rings. The minimum Gasteiger partial charge on any atom is -0.506 e. The lowest BCUT2D eigenvalue weighted by Gasteiger charge is -2.34. The van der Waals surface area contributed by atoms with Crippen LogP contribution in [0.25, 0.3) is 0 Å². The van der Waals surface area contributed by atoms with Crippen molar-refractivity contribution in [3.8, 4) is 5.75 Å². The van der Waals surface area contributed by atoms with Crippen LogP contribution in [0.15, 0.2) is 18.2 Å². The molecule has 2 N–H and O–H groups in total. The van der Waals surface area contributed by atoms with E-state index in [0.29, 0.717) is 36.6 Å². The number of esters is 1. The van der Waals surface area contributed by atoms with Crippen LogP contribution in [0.1, 0.15) is 19.8 Å². The Morgan fingerprint density at radius 3 is 2.65 bits per heavy atom. The Balaban J connectivity index is 1.91. The smallest absolute Gasteiger partial charge is 0.322 e. The maximum atomic E-state index is 12.3. The van der Waals surface area contributed by atoms with E-state index in [4.69, 9.17) is 16.3 Å².